The monoisotopic (exact) mass is 237 g/mol. The summed E-state index contributed by atoms with van der Waals surface area (Å²) in [5.41, 5.74) is 3.65. The summed E-state index contributed by atoms with van der Waals surface area (Å²) in [5, 5.41) is 0. The van der Waals surface area contributed by atoms with Gasteiger partial charge in [0.25, 0.3) is 0 Å². The predicted octanol–water partition coefficient (Wildman–Crippen LogP) is 3.44. The maximum Gasteiger partial charge on any atom is 0.136 e. The van der Waals surface area contributed by atoms with E-state index in [4.69, 9.17) is 0 Å². The van der Waals surface area contributed by atoms with Gasteiger partial charge in [-0.3, -0.25) is 9.78 Å². The number of carbonyl (C=O) groups excluding carboxylic acids is 1. The van der Waals surface area contributed by atoms with Gasteiger partial charge in [-0.05, 0) is 28.8 Å². The SMILES string of the molecule is CC1C(=O)CC1c1ccc(-c2ccncc2)cc1. The molecule has 2 aromatic rings. The van der Waals surface area contributed by atoms with Gasteiger partial charge in [0.1, 0.15) is 5.78 Å². The quantitative estimate of drug-likeness (QED) is 0.800. The minimum Gasteiger partial charge on any atom is -0.299 e. The number of rotatable bonds is 2. The van der Waals surface area contributed by atoms with E-state index in [-0.39, 0.29) is 5.92 Å². The standard InChI is InChI=1S/C16H15NO/c1-11-15(10-16(11)18)14-4-2-12(3-5-14)13-6-8-17-9-7-13/h2-9,11,15H,10H2,1H3. The van der Waals surface area contributed by atoms with Gasteiger partial charge in [-0.1, -0.05) is 31.2 Å². The van der Waals surface area contributed by atoms with Crippen LogP contribution in [-0.4, -0.2) is 10.8 Å². The first-order chi connectivity index (χ1) is 8.75. The van der Waals surface area contributed by atoms with Gasteiger partial charge in [-0.25, -0.2) is 0 Å². The first-order valence-corrected chi connectivity index (χ1v) is 6.29. The van der Waals surface area contributed by atoms with Crippen LogP contribution < -0.4 is 0 Å². The largest absolute Gasteiger partial charge is 0.299 e. The highest BCUT2D eigenvalue weighted by atomic mass is 16.1. The summed E-state index contributed by atoms with van der Waals surface area (Å²) >= 11 is 0. The lowest BCUT2D eigenvalue weighted by Gasteiger charge is -2.32. The van der Waals surface area contributed by atoms with Crippen LogP contribution in [0.15, 0.2) is 48.8 Å². The third-order valence-electron chi connectivity index (χ3n) is 3.89. The van der Waals surface area contributed by atoms with E-state index < -0.39 is 0 Å². The molecule has 0 bridgehead atoms. The van der Waals surface area contributed by atoms with Crippen molar-refractivity contribution < 1.29 is 4.79 Å². The van der Waals surface area contributed by atoms with E-state index in [1.165, 1.54) is 16.7 Å². The molecule has 2 nitrogen and oxygen atoms in total. The first kappa shape index (κ1) is 11.1. The van der Waals surface area contributed by atoms with Crippen molar-refractivity contribution in [3.63, 3.8) is 0 Å². The predicted molar refractivity (Wildman–Crippen MR) is 71.2 cm³/mol. The molecule has 3 rings (SSSR count). The Morgan fingerprint density at radius 1 is 1.00 bits per heavy atom. The fourth-order valence-electron chi connectivity index (χ4n) is 2.52. The van der Waals surface area contributed by atoms with E-state index in [1.54, 1.807) is 12.4 Å². The van der Waals surface area contributed by atoms with Gasteiger partial charge >= 0.3 is 0 Å². The fourth-order valence-corrected chi connectivity index (χ4v) is 2.52. The van der Waals surface area contributed by atoms with Gasteiger partial charge in [0.15, 0.2) is 0 Å². The summed E-state index contributed by atoms with van der Waals surface area (Å²) in [4.78, 5) is 15.3. The molecule has 18 heavy (non-hydrogen) atoms. The number of nitrogens with zero attached hydrogens (tertiary/aromatic N) is 1. The van der Waals surface area contributed by atoms with Crippen LogP contribution in [0.2, 0.25) is 0 Å². The highest BCUT2D eigenvalue weighted by molar-refractivity contribution is 5.89. The number of Topliss-reactive ketones (excluding diaryl/α,β-unsaturated/α-hetero) is 1. The van der Waals surface area contributed by atoms with Crippen LogP contribution >= 0.6 is 0 Å². The van der Waals surface area contributed by atoms with Gasteiger partial charge < -0.3 is 0 Å². The highest BCUT2D eigenvalue weighted by Crippen LogP contribution is 2.39. The Hall–Kier alpha value is -1.96. The molecule has 2 unspecified atom stereocenters. The second-order valence-electron chi connectivity index (χ2n) is 4.92. The van der Waals surface area contributed by atoms with Gasteiger partial charge in [0.05, 0.1) is 0 Å². The molecule has 0 N–H and O–H groups in total. The smallest absolute Gasteiger partial charge is 0.136 e. The Kier molecular flexibility index (Phi) is 2.71. The van der Waals surface area contributed by atoms with Crippen LogP contribution in [-0.2, 0) is 4.79 Å². The molecule has 0 saturated heterocycles. The minimum atomic E-state index is 0.191. The minimum absolute atomic E-state index is 0.191. The molecule has 0 radical (unpaired) electrons. The van der Waals surface area contributed by atoms with Crippen molar-refractivity contribution in [2.75, 3.05) is 0 Å². The Balaban J connectivity index is 1.84. The second-order valence-corrected chi connectivity index (χ2v) is 4.92. The maximum absolute atomic E-state index is 11.3. The molecule has 1 aliphatic rings. The molecule has 0 aliphatic heterocycles. The van der Waals surface area contributed by atoms with Crippen molar-refractivity contribution in [3.8, 4) is 11.1 Å². The summed E-state index contributed by atoms with van der Waals surface area (Å²) in [6.07, 6.45) is 4.31. The number of hydrogen-bond acceptors (Lipinski definition) is 2. The molecule has 1 aromatic heterocycles. The molecule has 1 aromatic carbocycles. The number of carbonyl (C=O) groups is 1. The number of hydrogen-bond donors (Lipinski definition) is 0. The van der Waals surface area contributed by atoms with Gasteiger partial charge in [-0.2, -0.15) is 0 Å². The molecular formula is C16H15NO. The zero-order valence-corrected chi connectivity index (χ0v) is 10.3. The molecule has 90 valence electrons. The number of pyridine rings is 1. The van der Waals surface area contributed by atoms with Crippen molar-refractivity contribution >= 4 is 5.78 Å². The van der Waals surface area contributed by atoms with E-state index in [2.05, 4.69) is 29.2 Å². The van der Waals surface area contributed by atoms with Gasteiger partial charge in [0.2, 0.25) is 0 Å². The molecule has 1 heterocycles. The molecule has 2 heteroatoms. The molecular weight excluding hydrogens is 222 g/mol. The molecule has 0 spiro atoms. The van der Waals surface area contributed by atoms with Crippen molar-refractivity contribution in [2.24, 2.45) is 5.92 Å². The van der Waals surface area contributed by atoms with E-state index in [0.717, 1.165) is 0 Å². The number of ketones is 1. The third kappa shape index (κ3) is 1.84. The van der Waals surface area contributed by atoms with Gasteiger partial charge in [-0.15, -0.1) is 0 Å². The summed E-state index contributed by atoms with van der Waals surface area (Å²) in [6, 6.07) is 12.5. The lowest BCUT2D eigenvalue weighted by atomic mass is 9.70. The molecule has 1 fully saturated rings. The molecule has 2 atom stereocenters. The summed E-state index contributed by atoms with van der Waals surface area (Å²) in [6.45, 7) is 2.02. The summed E-state index contributed by atoms with van der Waals surface area (Å²) < 4.78 is 0. The average molecular weight is 237 g/mol. The molecule has 0 amide bonds. The van der Waals surface area contributed by atoms with Crippen LogP contribution in [0.5, 0.6) is 0 Å². The summed E-state index contributed by atoms with van der Waals surface area (Å²) in [7, 11) is 0. The normalized spacial score (nSPS) is 22.6. The third-order valence-corrected chi connectivity index (χ3v) is 3.89. The van der Waals surface area contributed by atoms with Crippen molar-refractivity contribution in [1.29, 1.82) is 0 Å². The van der Waals surface area contributed by atoms with Crippen LogP contribution in [0.25, 0.3) is 11.1 Å². The maximum atomic E-state index is 11.3. The summed E-state index contributed by atoms with van der Waals surface area (Å²) in [5.74, 6) is 0.999. The van der Waals surface area contributed by atoms with Crippen LogP contribution in [0.3, 0.4) is 0 Å². The number of benzene rings is 1. The van der Waals surface area contributed by atoms with Crippen molar-refractivity contribution in [1.82, 2.24) is 4.98 Å². The highest BCUT2D eigenvalue weighted by Gasteiger charge is 2.36. The van der Waals surface area contributed by atoms with Crippen LogP contribution in [0, 0.1) is 5.92 Å². The first-order valence-electron chi connectivity index (χ1n) is 6.29. The van der Waals surface area contributed by atoms with Crippen LogP contribution in [0.4, 0.5) is 0 Å². The lowest BCUT2D eigenvalue weighted by molar-refractivity contribution is -0.130. The topological polar surface area (TPSA) is 30.0 Å². The Bertz CT molecular complexity index is 559. The van der Waals surface area contributed by atoms with Crippen molar-refractivity contribution in [2.45, 2.75) is 19.3 Å². The average Bonchev–Trinajstić information content (AvgIpc) is 2.45. The van der Waals surface area contributed by atoms with Gasteiger partial charge in [0, 0.05) is 30.7 Å². The molecule has 1 aliphatic carbocycles. The number of aromatic nitrogens is 1. The van der Waals surface area contributed by atoms with E-state index >= 15 is 0 Å². The fraction of sp³-hybridized carbons (Fsp3) is 0.250. The Morgan fingerprint density at radius 3 is 2.17 bits per heavy atom. The lowest BCUT2D eigenvalue weighted by Crippen LogP contribution is -2.32. The zero-order valence-electron chi connectivity index (χ0n) is 10.3. The van der Waals surface area contributed by atoms with E-state index in [0.29, 0.717) is 18.1 Å². The van der Waals surface area contributed by atoms with E-state index in [9.17, 15) is 4.79 Å². The second kappa shape index (κ2) is 4.37. The Labute approximate surface area is 107 Å². The van der Waals surface area contributed by atoms with Crippen molar-refractivity contribution in [3.05, 3.63) is 54.4 Å². The van der Waals surface area contributed by atoms with E-state index in [1.807, 2.05) is 19.1 Å². The molecule has 1 saturated carbocycles. The Morgan fingerprint density at radius 2 is 1.61 bits per heavy atom. The van der Waals surface area contributed by atoms with Crippen LogP contribution in [0.1, 0.15) is 24.8 Å². The zero-order chi connectivity index (χ0) is 12.5.